The average Bonchev–Trinajstić information content (AvgIpc) is 3.23. The van der Waals surface area contributed by atoms with E-state index in [4.69, 9.17) is 0 Å². The number of halogens is 1. The molecule has 1 aliphatic rings. The molecule has 1 saturated heterocycles. The quantitative estimate of drug-likeness (QED) is 0.421. The Balaban J connectivity index is 1.62. The van der Waals surface area contributed by atoms with Crippen molar-refractivity contribution in [3.8, 4) is 10.6 Å². The third kappa shape index (κ3) is 4.37. The van der Waals surface area contributed by atoms with Crippen LogP contribution in [-0.4, -0.2) is 33.7 Å². The summed E-state index contributed by atoms with van der Waals surface area (Å²) in [6.45, 7) is 5.93. The minimum Gasteiger partial charge on any atom is -0.271 e. The van der Waals surface area contributed by atoms with Gasteiger partial charge in [-0.15, -0.1) is 11.3 Å². The van der Waals surface area contributed by atoms with Gasteiger partial charge in [0.1, 0.15) is 15.9 Å². The molecule has 0 saturated carbocycles. The predicted molar refractivity (Wildman–Crippen MR) is 109 cm³/mol. The van der Waals surface area contributed by atoms with E-state index in [0.29, 0.717) is 16.5 Å². The number of hydrazine groups is 2. The second-order valence-corrected chi connectivity index (χ2v) is 8.78. The zero-order valence-corrected chi connectivity index (χ0v) is 17.6. The predicted octanol–water partition coefficient (Wildman–Crippen LogP) is 2.14. The highest BCUT2D eigenvalue weighted by Crippen LogP contribution is 2.27. The number of thiazole rings is 1. The highest BCUT2D eigenvalue weighted by atomic mass is 79.9. The fourth-order valence-corrected chi connectivity index (χ4v) is 4.94. The first kappa shape index (κ1) is 19.9. The van der Waals surface area contributed by atoms with Gasteiger partial charge in [0, 0.05) is 11.6 Å². The Kier molecular flexibility index (Phi) is 6.25. The van der Waals surface area contributed by atoms with E-state index in [1.165, 1.54) is 11.3 Å². The highest BCUT2D eigenvalue weighted by molar-refractivity contribution is 9.09. The van der Waals surface area contributed by atoms with E-state index in [2.05, 4.69) is 56.5 Å². The maximum atomic E-state index is 12.5. The number of aryl methyl sites for hydroxylation is 1. The first-order valence-corrected chi connectivity index (χ1v) is 10.4. The molecular formula is C18H22BrN5O2S. The van der Waals surface area contributed by atoms with E-state index in [-0.39, 0.29) is 22.7 Å². The summed E-state index contributed by atoms with van der Waals surface area (Å²) in [6.07, 6.45) is 0. The van der Waals surface area contributed by atoms with Crippen LogP contribution in [0, 0.1) is 12.8 Å². The molecule has 4 N–H and O–H groups in total. The van der Waals surface area contributed by atoms with Crippen LogP contribution < -0.4 is 21.7 Å². The van der Waals surface area contributed by atoms with Crippen LogP contribution in [0.5, 0.6) is 0 Å². The molecule has 1 aromatic heterocycles. The summed E-state index contributed by atoms with van der Waals surface area (Å²) in [5, 5.41) is 0.770. The van der Waals surface area contributed by atoms with Crippen molar-refractivity contribution in [2.75, 3.05) is 0 Å². The van der Waals surface area contributed by atoms with Gasteiger partial charge in [0.15, 0.2) is 0 Å². The molecular weight excluding hydrogens is 430 g/mol. The van der Waals surface area contributed by atoms with Gasteiger partial charge in [-0.2, -0.15) is 0 Å². The topological polar surface area (TPSA) is 95.2 Å². The van der Waals surface area contributed by atoms with Crippen molar-refractivity contribution in [2.24, 2.45) is 5.92 Å². The zero-order valence-electron chi connectivity index (χ0n) is 15.2. The molecule has 1 aliphatic heterocycles. The fraction of sp³-hybridized carbons (Fsp3) is 0.389. The van der Waals surface area contributed by atoms with Crippen molar-refractivity contribution in [1.29, 1.82) is 0 Å². The Morgan fingerprint density at radius 1 is 1.19 bits per heavy atom. The molecule has 1 fully saturated rings. The molecule has 0 aliphatic carbocycles. The number of hydrogen-bond donors (Lipinski definition) is 4. The monoisotopic (exact) mass is 451 g/mol. The van der Waals surface area contributed by atoms with Crippen LogP contribution in [0.15, 0.2) is 30.3 Å². The van der Waals surface area contributed by atoms with E-state index in [9.17, 15) is 9.59 Å². The fourth-order valence-electron chi connectivity index (χ4n) is 2.86. The lowest BCUT2D eigenvalue weighted by molar-refractivity contribution is -0.123. The first-order chi connectivity index (χ1) is 12.9. The Morgan fingerprint density at radius 3 is 2.52 bits per heavy atom. The van der Waals surface area contributed by atoms with E-state index < -0.39 is 6.04 Å². The lowest BCUT2D eigenvalue weighted by Gasteiger charge is -2.19. The standard InChI is InChI=1S/C18H22BrN5O2S/c1-9(2)13-12(19)14(22-21-13)16(25)23-24-17(26)15-10(3)20-18(27-15)11-7-5-4-6-8-11/h4-9,12-14,21-22H,1-3H3,(H,23,25)(H,24,26). The smallest absolute Gasteiger partial charge is 0.271 e. The molecule has 2 heterocycles. The van der Waals surface area contributed by atoms with Gasteiger partial charge in [-0.1, -0.05) is 60.1 Å². The summed E-state index contributed by atoms with van der Waals surface area (Å²) in [6, 6.07) is 9.31. The van der Waals surface area contributed by atoms with E-state index >= 15 is 0 Å². The largest absolute Gasteiger partial charge is 0.281 e. The second-order valence-electron chi connectivity index (χ2n) is 6.72. The molecule has 3 atom stereocenters. The molecule has 0 bridgehead atoms. The van der Waals surface area contributed by atoms with Gasteiger partial charge in [0.2, 0.25) is 0 Å². The molecule has 144 valence electrons. The molecule has 0 spiro atoms. The third-order valence-corrected chi connectivity index (χ3v) is 6.69. The summed E-state index contributed by atoms with van der Waals surface area (Å²) < 4.78 is 0. The van der Waals surface area contributed by atoms with E-state index in [1.54, 1.807) is 6.92 Å². The van der Waals surface area contributed by atoms with Crippen LogP contribution >= 0.6 is 27.3 Å². The van der Waals surface area contributed by atoms with Crippen molar-refractivity contribution in [3.63, 3.8) is 0 Å². The van der Waals surface area contributed by atoms with Crippen LogP contribution in [0.1, 0.15) is 29.2 Å². The van der Waals surface area contributed by atoms with Crippen molar-refractivity contribution < 1.29 is 9.59 Å². The number of benzene rings is 1. The summed E-state index contributed by atoms with van der Waals surface area (Å²) in [4.78, 5) is 29.7. The number of hydrogen-bond acceptors (Lipinski definition) is 6. The Bertz CT molecular complexity index is 826. The third-order valence-electron chi connectivity index (χ3n) is 4.39. The van der Waals surface area contributed by atoms with Gasteiger partial charge in [-0.3, -0.25) is 25.9 Å². The number of carbonyl (C=O) groups is 2. The van der Waals surface area contributed by atoms with Gasteiger partial charge in [0.25, 0.3) is 11.8 Å². The normalized spacial score (nSPS) is 22.0. The van der Waals surface area contributed by atoms with Crippen molar-refractivity contribution >= 4 is 39.1 Å². The first-order valence-electron chi connectivity index (χ1n) is 8.66. The number of nitrogens with one attached hydrogen (secondary N) is 4. The number of nitrogens with zero attached hydrogens (tertiary/aromatic N) is 1. The van der Waals surface area contributed by atoms with Gasteiger partial charge in [-0.25, -0.2) is 10.4 Å². The molecule has 2 aromatic rings. The number of carbonyl (C=O) groups excluding carboxylic acids is 2. The zero-order chi connectivity index (χ0) is 19.6. The van der Waals surface area contributed by atoms with Crippen LogP contribution in [-0.2, 0) is 4.79 Å². The number of alkyl halides is 1. The maximum Gasteiger partial charge on any atom is 0.281 e. The summed E-state index contributed by atoms with van der Waals surface area (Å²) in [5.74, 6) is -0.338. The van der Waals surface area contributed by atoms with Crippen LogP contribution in [0.25, 0.3) is 10.6 Å². The summed E-state index contributed by atoms with van der Waals surface area (Å²) in [5.41, 5.74) is 12.6. The van der Waals surface area contributed by atoms with Crippen LogP contribution in [0.2, 0.25) is 0 Å². The summed E-state index contributed by atoms with van der Waals surface area (Å²) in [7, 11) is 0. The molecule has 27 heavy (non-hydrogen) atoms. The second kappa shape index (κ2) is 8.47. The van der Waals surface area contributed by atoms with Crippen molar-refractivity contribution in [2.45, 2.75) is 37.7 Å². The minimum absolute atomic E-state index is 0.0794. The Morgan fingerprint density at radius 2 is 1.89 bits per heavy atom. The number of amides is 2. The molecule has 2 amide bonds. The van der Waals surface area contributed by atoms with Crippen LogP contribution in [0.4, 0.5) is 0 Å². The molecule has 0 radical (unpaired) electrons. The lowest BCUT2D eigenvalue weighted by atomic mass is 9.99. The average molecular weight is 452 g/mol. The minimum atomic E-state index is -0.486. The SMILES string of the molecule is Cc1nc(-c2ccccc2)sc1C(=O)NNC(=O)C1NNC(C(C)C)C1Br. The molecule has 3 unspecified atom stereocenters. The summed E-state index contributed by atoms with van der Waals surface area (Å²) >= 11 is 4.86. The molecule has 1 aromatic carbocycles. The van der Waals surface area contributed by atoms with Crippen molar-refractivity contribution in [3.05, 3.63) is 40.9 Å². The Hall–Kier alpha value is -1.81. The van der Waals surface area contributed by atoms with Gasteiger partial charge < -0.3 is 0 Å². The highest BCUT2D eigenvalue weighted by Gasteiger charge is 2.39. The lowest BCUT2D eigenvalue weighted by Crippen LogP contribution is -2.52. The van der Waals surface area contributed by atoms with E-state index in [1.807, 2.05) is 30.3 Å². The molecule has 9 heteroatoms. The number of aromatic nitrogens is 1. The maximum absolute atomic E-state index is 12.5. The van der Waals surface area contributed by atoms with Crippen LogP contribution in [0.3, 0.4) is 0 Å². The Labute approximate surface area is 170 Å². The van der Waals surface area contributed by atoms with Gasteiger partial charge >= 0.3 is 0 Å². The molecule has 7 nitrogen and oxygen atoms in total. The number of rotatable bonds is 4. The van der Waals surface area contributed by atoms with Gasteiger partial charge in [-0.05, 0) is 12.8 Å². The van der Waals surface area contributed by atoms with Gasteiger partial charge in [0.05, 0.1) is 10.5 Å². The van der Waals surface area contributed by atoms with E-state index in [0.717, 1.165) is 10.6 Å². The molecule has 3 rings (SSSR count). The van der Waals surface area contributed by atoms with Crippen molar-refractivity contribution in [1.82, 2.24) is 26.7 Å².